The van der Waals surface area contributed by atoms with E-state index in [0.29, 0.717) is 19.0 Å². The molecule has 0 N–H and O–H groups in total. The van der Waals surface area contributed by atoms with Crippen LogP contribution in [0, 0.1) is 5.92 Å². The van der Waals surface area contributed by atoms with Crippen molar-refractivity contribution in [3.63, 3.8) is 0 Å². The number of rotatable bonds is 8. The predicted octanol–water partition coefficient (Wildman–Crippen LogP) is 1.36. The van der Waals surface area contributed by atoms with E-state index in [2.05, 4.69) is 24.8 Å². The van der Waals surface area contributed by atoms with E-state index in [1.807, 2.05) is 4.57 Å². The van der Waals surface area contributed by atoms with Crippen LogP contribution < -0.4 is 4.90 Å². The first-order valence-corrected chi connectivity index (χ1v) is 12.9. The summed E-state index contributed by atoms with van der Waals surface area (Å²) in [5, 5.41) is 0.225. The molecular weight excluding hydrogens is 416 g/mol. The highest BCUT2D eigenvalue weighted by Crippen LogP contribution is 2.32. The molecule has 5 rings (SSSR count). The molecule has 2 aliphatic heterocycles. The van der Waals surface area contributed by atoms with E-state index in [4.69, 9.17) is 4.74 Å². The topological polar surface area (TPSA) is 93.5 Å². The van der Waals surface area contributed by atoms with E-state index in [9.17, 15) is 8.42 Å². The molecule has 4 heterocycles. The average molecular weight is 447 g/mol. The molecule has 3 fully saturated rings. The highest BCUT2D eigenvalue weighted by Gasteiger charge is 2.33. The van der Waals surface area contributed by atoms with Crippen molar-refractivity contribution in [1.29, 1.82) is 0 Å². The summed E-state index contributed by atoms with van der Waals surface area (Å²) in [6, 6.07) is 0. The molecule has 1 aliphatic carbocycles. The van der Waals surface area contributed by atoms with Gasteiger partial charge in [-0.1, -0.05) is 0 Å². The van der Waals surface area contributed by atoms with Gasteiger partial charge in [0, 0.05) is 51.7 Å². The average Bonchev–Trinajstić information content (AvgIpc) is 3.26. The van der Waals surface area contributed by atoms with Gasteiger partial charge in [0.2, 0.25) is 15.0 Å². The molecule has 31 heavy (non-hydrogen) atoms. The van der Waals surface area contributed by atoms with E-state index in [0.717, 1.165) is 70.0 Å². The molecule has 2 saturated heterocycles. The third-order valence-electron chi connectivity index (χ3n) is 6.37. The Morgan fingerprint density at radius 3 is 2.55 bits per heavy atom. The van der Waals surface area contributed by atoms with Crippen molar-refractivity contribution < 1.29 is 13.2 Å². The smallest absolute Gasteiger partial charge is 0.227 e. The second-order valence-electron chi connectivity index (χ2n) is 8.83. The fourth-order valence-electron chi connectivity index (χ4n) is 4.44. The summed E-state index contributed by atoms with van der Waals surface area (Å²) in [5.41, 5.74) is 0.956. The second-order valence-corrected chi connectivity index (χ2v) is 10.8. The monoisotopic (exact) mass is 446 g/mol. The molecule has 0 aromatic carbocycles. The lowest BCUT2D eigenvalue weighted by molar-refractivity contribution is 0.0931. The Kier molecular flexibility index (Phi) is 5.94. The molecule has 0 amide bonds. The van der Waals surface area contributed by atoms with Gasteiger partial charge in [-0.15, -0.1) is 0 Å². The number of anilines is 1. The lowest BCUT2D eigenvalue weighted by atomic mass is 10.2. The maximum Gasteiger partial charge on any atom is 0.227 e. The number of sulfone groups is 1. The highest BCUT2D eigenvalue weighted by atomic mass is 32.2. The summed E-state index contributed by atoms with van der Waals surface area (Å²) in [4.78, 5) is 17.5. The van der Waals surface area contributed by atoms with E-state index >= 15 is 0 Å². The summed E-state index contributed by atoms with van der Waals surface area (Å²) in [7, 11) is -3.38. The molecule has 0 radical (unpaired) electrons. The van der Waals surface area contributed by atoms with Gasteiger partial charge < -0.3 is 14.2 Å². The number of hydrogen-bond donors (Lipinski definition) is 0. The standard InChI is InChI=1S/C21H30N6O3S/c28-31(29,16-17-3-4-17)21-24-12-18(27(21)15-19-2-1-11-30-19)14-25-7-9-26(10-8-25)20-13-22-5-6-23-20/h5-6,12-13,17,19H,1-4,7-11,14-16H2/t19-/m0/s1. The van der Waals surface area contributed by atoms with Gasteiger partial charge in [0.1, 0.15) is 5.82 Å². The minimum Gasteiger partial charge on any atom is -0.376 e. The van der Waals surface area contributed by atoms with Crippen molar-refractivity contribution in [3.8, 4) is 0 Å². The normalized spacial score (nSPS) is 22.8. The number of ether oxygens (including phenoxy) is 1. The first-order chi connectivity index (χ1) is 15.1. The lowest BCUT2D eigenvalue weighted by Crippen LogP contribution is -2.46. The Morgan fingerprint density at radius 2 is 1.87 bits per heavy atom. The predicted molar refractivity (Wildman–Crippen MR) is 115 cm³/mol. The van der Waals surface area contributed by atoms with Gasteiger partial charge in [-0.25, -0.2) is 18.4 Å². The number of imidazole rings is 1. The largest absolute Gasteiger partial charge is 0.376 e. The molecule has 0 spiro atoms. The van der Waals surface area contributed by atoms with Gasteiger partial charge in [-0.2, -0.15) is 0 Å². The molecule has 1 atom stereocenters. The van der Waals surface area contributed by atoms with E-state index in [1.54, 1.807) is 24.8 Å². The second kappa shape index (κ2) is 8.84. The Labute approximate surface area is 183 Å². The van der Waals surface area contributed by atoms with Crippen LogP contribution in [0.5, 0.6) is 0 Å². The van der Waals surface area contributed by atoms with Crippen molar-refractivity contribution in [2.45, 2.75) is 50.0 Å². The van der Waals surface area contributed by atoms with E-state index in [-0.39, 0.29) is 17.0 Å². The fraction of sp³-hybridized carbons (Fsp3) is 0.667. The summed E-state index contributed by atoms with van der Waals surface area (Å²) >= 11 is 0. The molecule has 0 bridgehead atoms. The molecular formula is C21H30N6O3S. The van der Waals surface area contributed by atoms with Crippen LogP contribution in [0.3, 0.4) is 0 Å². The summed E-state index contributed by atoms with van der Waals surface area (Å²) in [5.74, 6) is 1.42. The van der Waals surface area contributed by atoms with Crippen molar-refractivity contribution in [2.24, 2.45) is 5.92 Å². The third-order valence-corrected chi connectivity index (χ3v) is 8.17. The van der Waals surface area contributed by atoms with Gasteiger partial charge in [-0.05, 0) is 31.6 Å². The van der Waals surface area contributed by atoms with Crippen LogP contribution in [0.4, 0.5) is 5.82 Å². The molecule has 0 unspecified atom stereocenters. The number of piperazine rings is 1. The van der Waals surface area contributed by atoms with Crippen molar-refractivity contribution in [2.75, 3.05) is 43.4 Å². The molecule has 9 nitrogen and oxygen atoms in total. The zero-order valence-electron chi connectivity index (χ0n) is 17.8. The van der Waals surface area contributed by atoms with Crippen molar-refractivity contribution in [3.05, 3.63) is 30.5 Å². The van der Waals surface area contributed by atoms with Crippen LogP contribution in [-0.4, -0.2) is 77.5 Å². The van der Waals surface area contributed by atoms with Crippen LogP contribution in [-0.2, 0) is 27.7 Å². The Hall–Kier alpha value is -2.04. The van der Waals surface area contributed by atoms with E-state index < -0.39 is 9.84 Å². The van der Waals surface area contributed by atoms with Crippen molar-refractivity contribution in [1.82, 2.24) is 24.4 Å². The molecule has 1 saturated carbocycles. The Balaban J connectivity index is 1.30. The molecule has 10 heteroatoms. The third kappa shape index (κ3) is 4.91. The van der Waals surface area contributed by atoms with Crippen LogP contribution >= 0.6 is 0 Å². The van der Waals surface area contributed by atoms with Crippen LogP contribution in [0.1, 0.15) is 31.4 Å². The zero-order chi connectivity index (χ0) is 21.3. The quantitative estimate of drug-likeness (QED) is 0.600. The van der Waals surface area contributed by atoms with Gasteiger partial charge in [0.15, 0.2) is 0 Å². The number of aromatic nitrogens is 4. The fourth-order valence-corrected chi connectivity index (χ4v) is 6.29. The first kappa shape index (κ1) is 20.8. The van der Waals surface area contributed by atoms with Crippen LogP contribution in [0.15, 0.2) is 29.9 Å². The minimum absolute atomic E-state index is 0.0660. The molecule has 2 aromatic heterocycles. The molecule has 3 aliphatic rings. The Morgan fingerprint density at radius 1 is 1.03 bits per heavy atom. The zero-order valence-corrected chi connectivity index (χ0v) is 18.6. The summed E-state index contributed by atoms with van der Waals surface area (Å²) in [6.45, 7) is 5.50. The van der Waals surface area contributed by atoms with Gasteiger partial charge in [0.25, 0.3) is 0 Å². The first-order valence-electron chi connectivity index (χ1n) is 11.2. The van der Waals surface area contributed by atoms with Gasteiger partial charge in [0.05, 0.1) is 36.5 Å². The van der Waals surface area contributed by atoms with Crippen molar-refractivity contribution >= 4 is 15.7 Å². The van der Waals surface area contributed by atoms with Crippen LogP contribution in [0.2, 0.25) is 0 Å². The highest BCUT2D eigenvalue weighted by molar-refractivity contribution is 7.91. The van der Waals surface area contributed by atoms with E-state index in [1.165, 1.54) is 0 Å². The summed E-state index contributed by atoms with van der Waals surface area (Å²) in [6.07, 6.45) is 11.0. The molecule has 168 valence electrons. The minimum atomic E-state index is -3.38. The van der Waals surface area contributed by atoms with Gasteiger partial charge in [-0.3, -0.25) is 9.88 Å². The number of nitrogens with zero attached hydrogens (tertiary/aromatic N) is 6. The van der Waals surface area contributed by atoms with Crippen LogP contribution in [0.25, 0.3) is 0 Å². The SMILES string of the molecule is O=S(=O)(CC1CC1)c1ncc(CN2CCN(c3cnccn3)CC2)n1C[C@@H]1CCCO1. The maximum atomic E-state index is 13.0. The molecule has 2 aromatic rings. The maximum absolute atomic E-state index is 13.0. The summed E-state index contributed by atoms with van der Waals surface area (Å²) < 4.78 is 33.8. The lowest BCUT2D eigenvalue weighted by Gasteiger charge is -2.35. The van der Waals surface area contributed by atoms with Gasteiger partial charge >= 0.3 is 0 Å². The number of hydrogen-bond acceptors (Lipinski definition) is 8. The Bertz CT molecular complexity index is 978.